The number of hydrogen-bond acceptors (Lipinski definition) is 1. The van der Waals surface area contributed by atoms with E-state index in [0.717, 1.165) is 11.1 Å². The quantitative estimate of drug-likeness (QED) is 0.806. The summed E-state index contributed by atoms with van der Waals surface area (Å²) < 4.78 is 13.0. The highest BCUT2D eigenvalue weighted by atomic mass is 35.5. The number of benzene rings is 2. The van der Waals surface area contributed by atoms with Crippen molar-refractivity contribution in [2.75, 3.05) is 0 Å². The van der Waals surface area contributed by atoms with E-state index in [1.54, 1.807) is 18.2 Å². The Morgan fingerprint density at radius 2 is 1.70 bits per heavy atom. The zero-order valence-electron chi connectivity index (χ0n) is 11.5. The summed E-state index contributed by atoms with van der Waals surface area (Å²) in [4.78, 5) is 12.5. The van der Waals surface area contributed by atoms with Gasteiger partial charge in [0.25, 0.3) is 0 Å². The van der Waals surface area contributed by atoms with Crippen LogP contribution in [0.25, 0.3) is 0 Å². The molecule has 0 bridgehead atoms. The Kier molecular flexibility index (Phi) is 4.24. The number of carbonyl (C=O) groups excluding carboxylic acids is 1. The van der Waals surface area contributed by atoms with Crippen molar-refractivity contribution in [1.29, 1.82) is 0 Å². The number of rotatable bonds is 4. The van der Waals surface area contributed by atoms with Crippen LogP contribution in [0.3, 0.4) is 0 Å². The van der Waals surface area contributed by atoms with E-state index in [-0.39, 0.29) is 18.0 Å². The number of hydrogen-bond donors (Lipinski definition) is 0. The lowest BCUT2D eigenvalue weighted by Gasteiger charge is -2.24. The van der Waals surface area contributed by atoms with Gasteiger partial charge in [-0.1, -0.05) is 41.9 Å². The maximum atomic E-state index is 13.0. The van der Waals surface area contributed by atoms with E-state index in [2.05, 4.69) is 0 Å². The van der Waals surface area contributed by atoms with Crippen molar-refractivity contribution >= 4 is 17.4 Å². The summed E-state index contributed by atoms with van der Waals surface area (Å²) in [5.41, 5.74) is 0.942. The molecule has 0 heterocycles. The number of ketones is 1. The van der Waals surface area contributed by atoms with Crippen LogP contribution in [0, 0.1) is 5.82 Å². The molecule has 2 aromatic carbocycles. The minimum absolute atomic E-state index is 0.0530. The minimum Gasteiger partial charge on any atom is -0.298 e. The molecule has 0 aliphatic carbocycles. The molecule has 0 aliphatic heterocycles. The minimum atomic E-state index is -0.674. The molecule has 0 amide bonds. The van der Waals surface area contributed by atoms with Crippen LogP contribution in [-0.4, -0.2) is 5.78 Å². The van der Waals surface area contributed by atoms with Gasteiger partial charge in [0.15, 0.2) is 0 Å². The molecule has 0 fully saturated rings. The monoisotopic (exact) mass is 290 g/mol. The van der Waals surface area contributed by atoms with E-state index in [9.17, 15) is 9.18 Å². The second-order valence-corrected chi connectivity index (χ2v) is 5.73. The SMILES string of the molecule is CC(C)(C(=O)Cc1ccccc1Cl)c1ccc(F)cc1. The van der Waals surface area contributed by atoms with Gasteiger partial charge in [-0.05, 0) is 43.2 Å². The van der Waals surface area contributed by atoms with E-state index < -0.39 is 5.41 Å². The summed E-state index contributed by atoms with van der Waals surface area (Å²) in [7, 11) is 0. The fourth-order valence-corrected chi connectivity index (χ4v) is 2.27. The van der Waals surface area contributed by atoms with Crippen LogP contribution in [0.2, 0.25) is 5.02 Å². The van der Waals surface area contributed by atoms with Gasteiger partial charge >= 0.3 is 0 Å². The van der Waals surface area contributed by atoms with Crippen molar-refractivity contribution in [1.82, 2.24) is 0 Å². The molecule has 0 radical (unpaired) electrons. The third kappa shape index (κ3) is 3.07. The van der Waals surface area contributed by atoms with E-state index in [0.29, 0.717) is 5.02 Å². The van der Waals surface area contributed by atoms with E-state index in [1.165, 1.54) is 12.1 Å². The van der Waals surface area contributed by atoms with Crippen LogP contribution in [0.5, 0.6) is 0 Å². The van der Waals surface area contributed by atoms with Gasteiger partial charge in [-0.25, -0.2) is 4.39 Å². The summed E-state index contributed by atoms with van der Waals surface area (Å²) in [6, 6.07) is 13.4. The topological polar surface area (TPSA) is 17.1 Å². The highest BCUT2D eigenvalue weighted by molar-refractivity contribution is 6.31. The Morgan fingerprint density at radius 3 is 2.30 bits per heavy atom. The Morgan fingerprint density at radius 1 is 1.10 bits per heavy atom. The van der Waals surface area contributed by atoms with Crippen molar-refractivity contribution in [2.24, 2.45) is 0 Å². The van der Waals surface area contributed by atoms with Crippen molar-refractivity contribution in [3.05, 3.63) is 70.5 Å². The van der Waals surface area contributed by atoms with Gasteiger partial charge in [0.1, 0.15) is 11.6 Å². The largest absolute Gasteiger partial charge is 0.298 e. The van der Waals surface area contributed by atoms with Gasteiger partial charge < -0.3 is 0 Å². The molecule has 0 N–H and O–H groups in total. The summed E-state index contributed by atoms with van der Waals surface area (Å²) in [6.07, 6.45) is 0.268. The normalized spacial score (nSPS) is 11.4. The van der Waals surface area contributed by atoms with E-state index >= 15 is 0 Å². The molecule has 2 rings (SSSR count). The van der Waals surface area contributed by atoms with Crippen LogP contribution < -0.4 is 0 Å². The average Bonchev–Trinajstić information content (AvgIpc) is 2.41. The van der Waals surface area contributed by atoms with Crippen LogP contribution >= 0.6 is 11.6 Å². The molecule has 20 heavy (non-hydrogen) atoms. The first-order valence-corrected chi connectivity index (χ1v) is 6.82. The van der Waals surface area contributed by atoms with Gasteiger partial charge in [-0.15, -0.1) is 0 Å². The summed E-state index contributed by atoms with van der Waals surface area (Å²) >= 11 is 6.08. The van der Waals surface area contributed by atoms with E-state index in [4.69, 9.17) is 11.6 Å². The molecule has 0 saturated carbocycles. The molecule has 3 heteroatoms. The smallest absolute Gasteiger partial charge is 0.147 e. The van der Waals surface area contributed by atoms with E-state index in [1.807, 2.05) is 32.0 Å². The standard InChI is InChI=1S/C17H16ClFO/c1-17(2,13-7-9-14(19)10-8-13)16(20)11-12-5-3-4-6-15(12)18/h3-10H,11H2,1-2H3. The lowest BCUT2D eigenvalue weighted by Crippen LogP contribution is -2.30. The Hall–Kier alpha value is -1.67. The maximum Gasteiger partial charge on any atom is 0.147 e. The molecule has 0 spiro atoms. The highest BCUT2D eigenvalue weighted by Crippen LogP contribution is 2.27. The Labute approximate surface area is 123 Å². The van der Waals surface area contributed by atoms with Crippen LogP contribution in [0.1, 0.15) is 25.0 Å². The first-order valence-electron chi connectivity index (χ1n) is 6.44. The molecular formula is C17H16ClFO. The molecule has 0 aromatic heterocycles. The molecular weight excluding hydrogens is 275 g/mol. The summed E-state index contributed by atoms with van der Waals surface area (Å²) in [5, 5.41) is 0.593. The highest BCUT2D eigenvalue weighted by Gasteiger charge is 2.29. The van der Waals surface area contributed by atoms with Gasteiger partial charge in [0.05, 0.1) is 0 Å². The Bertz CT molecular complexity index is 617. The third-order valence-corrected chi connectivity index (χ3v) is 3.94. The third-order valence-electron chi connectivity index (χ3n) is 3.57. The fourth-order valence-electron chi connectivity index (χ4n) is 2.06. The summed E-state index contributed by atoms with van der Waals surface area (Å²) in [5.74, 6) is -0.250. The predicted molar refractivity (Wildman–Crippen MR) is 79.6 cm³/mol. The van der Waals surface area contributed by atoms with Gasteiger partial charge in [0.2, 0.25) is 0 Å². The maximum absolute atomic E-state index is 13.0. The number of Topliss-reactive ketones (excluding diaryl/α,β-unsaturated/α-hetero) is 1. The van der Waals surface area contributed by atoms with Gasteiger partial charge in [-0.3, -0.25) is 4.79 Å². The van der Waals surface area contributed by atoms with Gasteiger partial charge in [0, 0.05) is 16.9 Å². The predicted octanol–water partition coefficient (Wildman–Crippen LogP) is 4.57. The Balaban J connectivity index is 2.23. The van der Waals surface area contributed by atoms with Crippen LogP contribution in [0.4, 0.5) is 4.39 Å². The van der Waals surface area contributed by atoms with Crippen LogP contribution in [0.15, 0.2) is 48.5 Å². The van der Waals surface area contributed by atoms with Crippen molar-refractivity contribution in [3.8, 4) is 0 Å². The first-order chi connectivity index (χ1) is 9.41. The second-order valence-electron chi connectivity index (χ2n) is 5.32. The van der Waals surface area contributed by atoms with Crippen molar-refractivity contribution in [3.63, 3.8) is 0 Å². The molecule has 104 valence electrons. The molecule has 1 nitrogen and oxygen atoms in total. The molecule has 2 aromatic rings. The second kappa shape index (κ2) is 5.76. The van der Waals surface area contributed by atoms with Crippen molar-refractivity contribution < 1.29 is 9.18 Å². The zero-order chi connectivity index (χ0) is 14.8. The fraction of sp³-hybridized carbons (Fsp3) is 0.235. The molecule has 0 aliphatic rings. The first kappa shape index (κ1) is 14.7. The molecule has 0 atom stereocenters. The zero-order valence-corrected chi connectivity index (χ0v) is 12.2. The summed E-state index contributed by atoms with van der Waals surface area (Å²) in [6.45, 7) is 3.69. The van der Waals surface area contributed by atoms with Crippen molar-refractivity contribution in [2.45, 2.75) is 25.7 Å². The average molecular weight is 291 g/mol. The number of halogens is 2. The molecule has 0 saturated heterocycles. The molecule has 0 unspecified atom stereocenters. The lowest BCUT2D eigenvalue weighted by molar-refractivity contribution is -0.122. The van der Waals surface area contributed by atoms with Crippen LogP contribution in [-0.2, 0) is 16.6 Å². The lowest BCUT2D eigenvalue weighted by atomic mass is 9.78. The van der Waals surface area contributed by atoms with Gasteiger partial charge in [-0.2, -0.15) is 0 Å². The number of carbonyl (C=O) groups is 1.